The molecule has 9 nitrogen and oxygen atoms in total. The molecule has 1 atom stereocenters. The Morgan fingerprint density at radius 1 is 1.12 bits per heavy atom. The Kier molecular flexibility index (Phi) is 4.95. The molecule has 2 aromatic heterocycles. The molecule has 0 bridgehead atoms. The van der Waals surface area contributed by atoms with Crippen molar-refractivity contribution in [2.45, 2.75) is 51.2 Å². The van der Waals surface area contributed by atoms with Crippen molar-refractivity contribution in [3.05, 3.63) is 56.5 Å². The van der Waals surface area contributed by atoms with Gasteiger partial charge in [-0.1, -0.05) is 0 Å². The molecule has 0 saturated carbocycles. The average molecular weight is 452 g/mol. The van der Waals surface area contributed by atoms with Gasteiger partial charge in [-0.25, -0.2) is 9.78 Å². The van der Waals surface area contributed by atoms with Crippen LogP contribution in [0.25, 0.3) is 11.0 Å². The van der Waals surface area contributed by atoms with E-state index in [0.29, 0.717) is 49.0 Å². The minimum atomic E-state index is -0.560. The fourth-order valence-corrected chi connectivity index (χ4v) is 5.15. The standard InChI is InChI=1S/C24H29N5O4/c1-15(2)29-14-25-18-12-16(6-7-19(18)29)20(30)28-10-5-8-24(9-11-28)13-17-21(31)26(3)23(32)27(4)22(17)33-24/h6-7,12,14-15H,5,8-11,13H2,1-4H3/t24-/m1/s1. The Morgan fingerprint density at radius 2 is 1.91 bits per heavy atom. The van der Waals surface area contributed by atoms with Gasteiger partial charge in [0.2, 0.25) is 5.88 Å². The van der Waals surface area contributed by atoms with Crippen LogP contribution in [0.5, 0.6) is 5.88 Å². The minimum absolute atomic E-state index is 0.0214. The Balaban J connectivity index is 1.37. The molecule has 1 saturated heterocycles. The third-order valence-corrected chi connectivity index (χ3v) is 7.07. The molecule has 5 rings (SSSR count). The molecule has 4 heterocycles. The Bertz CT molecular complexity index is 1380. The van der Waals surface area contributed by atoms with Gasteiger partial charge in [-0.2, -0.15) is 0 Å². The van der Waals surface area contributed by atoms with Gasteiger partial charge < -0.3 is 14.2 Å². The molecular formula is C24H29N5O4. The zero-order valence-corrected chi connectivity index (χ0v) is 19.5. The summed E-state index contributed by atoms with van der Waals surface area (Å²) >= 11 is 0. The maximum Gasteiger partial charge on any atom is 0.333 e. The number of ether oxygens (including phenoxy) is 1. The maximum atomic E-state index is 13.3. The molecule has 2 aliphatic rings. The third kappa shape index (κ3) is 3.37. The number of fused-ring (bicyclic) bond motifs is 2. The van der Waals surface area contributed by atoms with Crippen molar-refractivity contribution in [3.63, 3.8) is 0 Å². The lowest BCUT2D eigenvalue weighted by atomic mass is 9.90. The second-order valence-corrected chi connectivity index (χ2v) is 9.55. The normalized spacial score (nSPS) is 20.3. The molecule has 1 aromatic carbocycles. The van der Waals surface area contributed by atoms with Crippen LogP contribution in [0.2, 0.25) is 0 Å². The van der Waals surface area contributed by atoms with Crippen molar-refractivity contribution in [1.82, 2.24) is 23.6 Å². The highest BCUT2D eigenvalue weighted by Crippen LogP contribution is 2.39. The molecule has 1 spiro atoms. The molecule has 0 radical (unpaired) electrons. The summed E-state index contributed by atoms with van der Waals surface area (Å²) in [5, 5.41) is 0. The van der Waals surface area contributed by atoms with Gasteiger partial charge in [0.05, 0.1) is 22.9 Å². The molecule has 9 heteroatoms. The van der Waals surface area contributed by atoms with E-state index in [1.54, 1.807) is 7.05 Å². The number of amides is 1. The minimum Gasteiger partial charge on any atom is -0.471 e. The lowest BCUT2D eigenvalue weighted by molar-refractivity contribution is 0.0636. The van der Waals surface area contributed by atoms with Crippen LogP contribution in [0.4, 0.5) is 0 Å². The molecular weight excluding hydrogens is 422 g/mol. The number of likely N-dealkylation sites (tertiary alicyclic amines) is 1. The SMILES string of the molecule is CC(C)n1cnc2cc(C(=O)N3CCC[C@@]4(CC3)Cc3c(n(C)c(=O)n(C)c3=O)O4)ccc21. The topological polar surface area (TPSA) is 91.4 Å². The van der Waals surface area contributed by atoms with E-state index in [1.807, 2.05) is 29.4 Å². The zero-order valence-electron chi connectivity index (χ0n) is 19.5. The molecule has 1 fully saturated rings. The van der Waals surface area contributed by atoms with Crippen LogP contribution in [-0.2, 0) is 20.5 Å². The number of hydrogen-bond acceptors (Lipinski definition) is 5. The summed E-state index contributed by atoms with van der Waals surface area (Å²) in [7, 11) is 3.12. The molecule has 174 valence electrons. The average Bonchev–Trinajstić information content (AvgIpc) is 3.33. The van der Waals surface area contributed by atoms with E-state index in [2.05, 4.69) is 23.4 Å². The lowest BCUT2D eigenvalue weighted by Gasteiger charge is -2.27. The van der Waals surface area contributed by atoms with Crippen LogP contribution in [0.1, 0.15) is 55.1 Å². The van der Waals surface area contributed by atoms with E-state index in [9.17, 15) is 14.4 Å². The Morgan fingerprint density at radius 3 is 2.67 bits per heavy atom. The fraction of sp³-hybridized carbons (Fsp3) is 0.500. The van der Waals surface area contributed by atoms with E-state index >= 15 is 0 Å². The van der Waals surface area contributed by atoms with Crippen molar-refractivity contribution in [2.75, 3.05) is 13.1 Å². The number of aromatic nitrogens is 4. The molecule has 0 unspecified atom stereocenters. The van der Waals surface area contributed by atoms with Crippen LogP contribution >= 0.6 is 0 Å². The van der Waals surface area contributed by atoms with Crippen LogP contribution in [0, 0.1) is 0 Å². The van der Waals surface area contributed by atoms with E-state index in [4.69, 9.17) is 4.74 Å². The monoisotopic (exact) mass is 451 g/mol. The molecule has 1 amide bonds. The number of benzene rings is 1. The summed E-state index contributed by atoms with van der Waals surface area (Å²) in [6.45, 7) is 5.35. The van der Waals surface area contributed by atoms with Crippen molar-refractivity contribution in [2.24, 2.45) is 14.1 Å². The van der Waals surface area contributed by atoms with E-state index in [0.717, 1.165) is 28.4 Å². The largest absolute Gasteiger partial charge is 0.471 e. The van der Waals surface area contributed by atoms with Gasteiger partial charge in [-0.3, -0.25) is 18.7 Å². The summed E-state index contributed by atoms with van der Waals surface area (Å²) in [4.78, 5) is 44.6. The van der Waals surface area contributed by atoms with E-state index in [-0.39, 0.29) is 11.5 Å². The maximum absolute atomic E-state index is 13.3. The van der Waals surface area contributed by atoms with E-state index < -0.39 is 11.3 Å². The number of rotatable bonds is 2. The first-order chi connectivity index (χ1) is 15.7. The summed E-state index contributed by atoms with van der Waals surface area (Å²) < 4.78 is 10.9. The van der Waals surface area contributed by atoms with Gasteiger partial charge in [-0.05, 0) is 44.9 Å². The van der Waals surface area contributed by atoms with Gasteiger partial charge in [-0.15, -0.1) is 0 Å². The fourth-order valence-electron chi connectivity index (χ4n) is 5.15. The van der Waals surface area contributed by atoms with Crippen molar-refractivity contribution < 1.29 is 9.53 Å². The Hall–Kier alpha value is -3.36. The molecule has 33 heavy (non-hydrogen) atoms. The first kappa shape index (κ1) is 21.5. The number of carbonyl (C=O) groups excluding carboxylic acids is 1. The second kappa shape index (κ2) is 7.60. The van der Waals surface area contributed by atoms with Crippen molar-refractivity contribution >= 4 is 16.9 Å². The van der Waals surface area contributed by atoms with Crippen LogP contribution in [0.3, 0.4) is 0 Å². The van der Waals surface area contributed by atoms with E-state index in [1.165, 1.54) is 11.6 Å². The quantitative estimate of drug-likeness (QED) is 0.595. The van der Waals surface area contributed by atoms with Crippen molar-refractivity contribution in [1.29, 1.82) is 0 Å². The molecule has 0 N–H and O–H groups in total. The smallest absolute Gasteiger partial charge is 0.333 e. The third-order valence-electron chi connectivity index (χ3n) is 7.07. The zero-order chi connectivity index (χ0) is 23.5. The van der Waals surface area contributed by atoms with Crippen LogP contribution in [-0.4, -0.2) is 48.2 Å². The van der Waals surface area contributed by atoms with Gasteiger partial charge in [0.1, 0.15) is 5.60 Å². The molecule has 0 aliphatic carbocycles. The first-order valence-electron chi connectivity index (χ1n) is 11.4. The number of nitrogens with zero attached hydrogens (tertiary/aromatic N) is 5. The predicted octanol–water partition coefficient (Wildman–Crippen LogP) is 2.01. The predicted molar refractivity (Wildman–Crippen MR) is 124 cm³/mol. The summed E-state index contributed by atoms with van der Waals surface area (Å²) in [5.41, 5.74) is 1.75. The van der Waals surface area contributed by atoms with Gasteiger partial charge in [0.15, 0.2) is 0 Å². The second-order valence-electron chi connectivity index (χ2n) is 9.55. The van der Waals surface area contributed by atoms with Crippen LogP contribution < -0.4 is 16.0 Å². The Labute approximate surface area is 191 Å². The number of carbonyl (C=O) groups is 1. The van der Waals surface area contributed by atoms with Gasteiger partial charge >= 0.3 is 5.69 Å². The summed E-state index contributed by atoms with van der Waals surface area (Å²) in [6, 6.07) is 5.98. The lowest BCUT2D eigenvalue weighted by Crippen LogP contribution is -2.38. The summed E-state index contributed by atoms with van der Waals surface area (Å²) in [6.07, 6.45) is 4.36. The number of hydrogen-bond donors (Lipinski definition) is 0. The molecule has 2 aliphatic heterocycles. The highest BCUT2D eigenvalue weighted by Gasteiger charge is 2.44. The summed E-state index contributed by atoms with van der Waals surface area (Å²) in [5.74, 6) is 0.348. The van der Waals surface area contributed by atoms with Crippen molar-refractivity contribution in [3.8, 4) is 5.88 Å². The van der Waals surface area contributed by atoms with Gasteiger partial charge in [0.25, 0.3) is 11.5 Å². The molecule has 3 aromatic rings. The highest BCUT2D eigenvalue weighted by atomic mass is 16.5. The number of imidazole rings is 1. The highest BCUT2D eigenvalue weighted by molar-refractivity contribution is 5.97. The van der Waals surface area contributed by atoms with Gasteiger partial charge in [0, 0.05) is 51.6 Å². The van der Waals surface area contributed by atoms with Crippen LogP contribution in [0.15, 0.2) is 34.1 Å². The first-order valence-corrected chi connectivity index (χ1v) is 11.4.